The molecule has 2 aromatic heterocycles. The summed E-state index contributed by atoms with van der Waals surface area (Å²) in [5, 5.41) is 1.26. The fourth-order valence-corrected chi connectivity index (χ4v) is 3.33. The molecule has 0 aliphatic carbocycles. The summed E-state index contributed by atoms with van der Waals surface area (Å²) >= 11 is 12.6. The van der Waals surface area contributed by atoms with Gasteiger partial charge in [0.1, 0.15) is 0 Å². The molecule has 0 unspecified atom stereocenters. The summed E-state index contributed by atoms with van der Waals surface area (Å²) in [6.45, 7) is 2.02. The van der Waals surface area contributed by atoms with Crippen LogP contribution in [0.15, 0.2) is 8.94 Å². The Bertz CT molecular complexity index is 498. The van der Waals surface area contributed by atoms with E-state index in [4.69, 9.17) is 11.6 Å². The molecule has 0 spiro atoms. The molecule has 0 aliphatic rings. The van der Waals surface area contributed by atoms with Gasteiger partial charge in [0.15, 0.2) is 10.3 Å². The van der Waals surface area contributed by atoms with Crippen molar-refractivity contribution in [1.82, 2.24) is 9.97 Å². The number of aryl methyl sites for hydroxylation is 1. The molecule has 0 amide bonds. The number of aromatic nitrogens is 2. The van der Waals surface area contributed by atoms with Crippen molar-refractivity contribution in [2.24, 2.45) is 0 Å². The molecule has 2 rings (SSSR count). The summed E-state index contributed by atoms with van der Waals surface area (Å²) in [4.78, 5) is 8.60. The Morgan fingerprint density at radius 3 is 2.79 bits per heavy atom. The van der Waals surface area contributed by atoms with E-state index in [2.05, 4.69) is 25.9 Å². The number of rotatable bonds is 1. The summed E-state index contributed by atoms with van der Waals surface area (Å²) in [5.41, 5.74) is 2.08. The number of hydrogen-bond acceptors (Lipinski definition) is 4. The Morgan fingerprint density at radius 1 is 1.43 bits per heavy atom. The van der Waals surface area contributed by atoms with Crippen molar-refractivity contribution in [3.63, 3.8) is 0 Å². The first-order chi connectivity index (χ1) is 6.63. The van der Waals surface area contributed by atoms with Gasteiger partial charge >= 0.3 is 0 Å². The Balaban J connectivity index is 2.83. The molecule has 0 saturated heterocycles. The van der Waals surface area contributed by atoms with E-state index in [1.807, 2.05) is 13.2 Å². The molecule has 0 atom stereocenters. The van der Waals surface area contributed by atoms with Gasteiger partial charge in [-0.15, -0.1) is 11.3 Å². The Labute approximate surface area is 103 Å². The second kappa shape index (κ2) is 3.96. The van der Waals surface area contributed by atoms with Crippen molar-refractivity contribution < 1.29 is 0 Å². The van der Waals surface area contributed by atoms with Crippen molar-refractivity contribution >= 4 is 60.8 Å². The summed E-state index contributed by atoms with van der Waals surface area (Å²) in [5.74, 6) is 0. The van der Waals surface area contributed by atoms with Crippen molar-refractivity contribution in [2.45, 2.75) is 12.1 Å². The molecule has 0 radical (unpaired) electrons. The number of thiophene rings is 1. The lowest BCUT2D eigenvalue weighted by atomic mass is 10.3. The Morgan fingerprint density at radius 2 is 2.14 bits per heavy atom. The summed E-state index contributed by atoms with van der Waals surface area (Å²) < 4.78 is 2.02. The quantitative estimate of drug-likeness (QED) is 0.450. The van der Waals surface area contributed by atoms with E-state index in [-0.39, 0.29) is 0 Å². The van der Waals surface area contributed by atoms with Crippen LogP contribution in [0.5, 0.6) is 0 Å². The van der Waals surface area contributed by atoms with Gasteiger partial charge in [0.25, 0.3) is 0 Å². The molecule has 2 heterocycles. The predicted molar refractivity (Wildman–Crippen MR) is 66.6 cm³/mol. The molecule has 0 aliphatic heterocycles. The fraction of sp³-hybridized carbons (Fsp3) is 0.250. The van der Waals surface area contributed by atoms with Gasteiger partial charge in [-0.25, -0.2) is 9.97 Å². The van der Waals surface area contributed by atoms with E-state index < -0.39 is 0 Å². The monoisotopic (exact) mass is 308 g/mol. The first-order valence-electron chi connectivity index (χ1n) is 3.79. The number of hydrogen-bond donors (Lipinski definition) is 0. The highest BCUT2D eigenvalue weighted by molar-refractivity contribution is 9.11. The molecule has 2 aromatic rings. The number of fused-ring (bicyclic) bond motifs is 1. The Hall–Kier alpha value is 0.160. The van der Waals surface area contributed by atoms with Gasteiger partial charge in [-0.3, -0.25) is 0 Å². The number of thioether (sulfide) groups is 1. The zero-order chi connectivity index (χ0) is 10.3. The maximum Gasteiger partial charge on any atom is 0.189 e. The summed E-state index contributed by atoms with van der Waals surface area (Å²) in [7, 11) is 0. The molecule has 0 saturated carbocycles. The minimum atomic E-state index is 0.540. The van der Waals surface area contributed by atoms with Gasteiger partial charge in [0.2, 0.25) is 0 Å². The summed E-state index contributed by atoms with van der Waals surface area (Å²) in [6.07, 6.45) is 1.94. The van der Waals surface area contributed by atoms with E-state index >= 15 is 0 Å². The van der Waals surface area contributed by atoms with Crippen LogP contribution < -0.4 is 0 Å². The first-order valence-corrected chi connectivity index (χ1v) is 7.01. The van der Waals surface area contributed by atoms with E-state index in [1.165, 1.54) is 11.8 Å². The van der Waals surface area contributed by atoms with Crippen LogP contribution in [0.3, 0.4) is 0 Å². The molecular weight excluding hydrogens is 304 g/mol. The molecule has 0 aromatic carbocycles. The number of nitrogens with zero attached hydrogens (tertiary/aromatic N) is 2. The highest BCUT2D eigenvalue weighted by Gasteiger charge is 2.12. The van der Waals surface area contributed by atoms with Gasteiger partial charge in [-0.05, 0) is 29.1 Å². The smallest absolute Gasteiger partial charge is 0.189 e. The first kappa shape index (κ1) is 10.7. The highest BCUT2D eigenvalue weighted by atomic mass is 79.9. The van der Waals surface area contributed by atoms with Crippen LogP contribution >= 0.6 is 50.6 Å². The second-order valence-corrected chi connectivity index (χ2v) is 6.15. The van der Waals surface area contributed by atoms with Crippen LogP contribution in [0.2, 0.25) is 5.15 Å². The molecule has 0 bridgehead atoms. The molecule has 0 fully saturated rings. The van der Waals surface area contributed by atoms with Crippen LogP contribution in [-0.4, -0.2) is 16.2 Å². The van der Waals surface area contributed by atoms with Gasteiger partial charge in [0.05, 0.1) is 14.0 Å². The lowest BCUT2D eigenvalue weighted by Gasteiger charge is -1.97. The third-order valence-corrected chi connectivity index (χ3v) is 4.92. The molecule has 14 heavy (non-hydrogen) atoms. The van der Waals surface area contributed by atoms with E-state index in [0.717, 1.165) is 24.7 Å². The zero-order valence-corrected chi connectivity index (χ0v) is 11.4. The van der Waals surface area contributed by atoms with Crippen molar-refractivity contribution in [1.29, 1.82) is 0 Å². The maximum absolute atomic E-state index is 6.05. The molecular formula is C8H6BrClN2S2. The third kappa shape index (κ3) is 1.66. The van der Waals surface area contributed by atoms with Gasteiger partial charge in [0, 0.05) is 5.56 Å². The standard InChI is InChI=1S/C8H6BrClN2S2/c1-3-4-5(14-6(3)9)7(10)12-8(11-4)13-2/h1-2H3. The average Bonchev–Trinajstić information content (AvgIpc) is 2.45. The lowest BCUT2D eigenvalue weighted by Crippen LogP contribution is -1.87. The maximum atomic E-state index is 6.05. The van der Waals surface area contributed by atoms with Crippen LogP contribution in [0.4, 0.5) is 0 Å². The normalized spacial score (nSPS) is 11.1. The molecule has 74 valence electrons. The van der Waals surface area contributed by atoms with Crippen molar-refractivity contribution in [2.75, 3.05) is 6.26 Å². The topological polar surface area (TPSA) is 25.8 Å². The van der Waals surface area contributed by atoms with Crippen LogP contribution in [-0.2, 0) is 0 Å². The minimum Gasteiger partial charge on any atom is -0.221 e. The van der Waals surface area contributed by atoms with Gasteiger partial charge in [-0.2, -0.15) is 0 Å². The van der Waals surface area contributed by atoms with Crippen molar-refractivity contribution in [3.8, 4) is 0 Å². The van der Waals surface area contributed by atoms with Crippen LogP contribution in [0.1, 0.15) is 5.56 Å². The molecule has 0 N–H and O–H groups in total. The average molecular weight is 310 g/mol. The van der Waals surface area contributed by atoms with E-state index in [0.29, 0.717) is 5.15 Å². The fourth-order valence-electron chi connectivity index (χ4n) is 1.10. The summed E-state index contributed by atoms with van der Waals surface area (Å²) in [6, 6.07) is 0. The second-order valence-electron chi connectivity index (χ2n) is 2.68. The van der Waals surface area contributed by atoms with Gasteiger partial charge in [-0.1, -0.05) is 23.4 Å². The lowest BCUT2D eigenvalue weighted by molar-refractivity contribution is 1.01. The van der Waals surface area contributed by atoms with Gasteiger partial charge < -0.3 is 0 Å². The SMILES string of the molecule is CSc1nc(Cl)c2sc(Br)c(C)c2n1. The zero-order valence-electron chi connectivity index (χ0n) is 7.47. The molecule has 2 nitrogen and oxygen atoms in total. The Kier molecular flexibility index (Phi) is 3.02. The van der Waals surface area contributed by atoms with Crippen molar-refractivity contribution in [3.05, 3.63) is 14.5 Å². The van der Waals surface area contributed by atoms with E-state index in [1.54, 1.807) is 11.3 Å². The third-order valence-electron chi connectivity index (χ3n) is 1.83. The van der Waals surface area contributed by atoms with Crippen LogP contribution in [0.25, 0.3) is 10.2 Å². The van der Waals surface area contributed by atoms with Crippen LogP contribution in [0, 0.1) is 6.92 Å². The minimum absolute atomic E-state index is 0.540. The number of halogens is 2. The van der Waals surface area contributed by atoms with E-state index in [9.17, 15) is 0 Å². The highest BCUT2D eigenvalue weighted by Crippen LogP contribution is 2.37. The predicted octanol–water partition coefficient (Wildman–Crippen LogP) is 4.14. The largest absolute Gasteiger partial charge is 0.221 e. The molecule has 6 heteroatoms.